The molecule has 2 atom stereocenters. The van der Waals surface area contributed by atoms with E-state index >= 15 is 0 Å². The van der Waals surface area contributed by atoms with Gasteiger partial charge in [-0.2, -0.15) is 0 Å². The molecule has 0 N–H and O–H groups in total. The predicted molar refractivity (Wildman–Crippen MR) is 141 cm³/mol. The first-order chi connectivity index (χ1) is 15.3. The molecule has 0 amide bonds. The van der Waals surface area contributed by atoms with E-state index in [0.29, 0.717) is 35.8 Å². The molecule has 0 bridgehead atoms. The minimum Gasteiger partial charge on any atom is -0.412 e. The van der Waals surface area contributed by atoms with Gasteiger partial charge in [0.2, 0.25) is 8.32 Å². The number of rotatable bonds is 13. The van der Waals surface area contributed by atoms with Crippen molar-refractivity contribution in [3.05, 3.63) is 77.9 Å². The molecule has 0 saturated heterocycles. The third kappa shape index (κ3) is 7.43. The van der Waals surface area contributed by atoms with Crippen LogP contribution in [0.25, 0.3) is 6.08 Å². The van der Waals surface area contributed by atoms with E-state index in [2.05, 4.69) is 115 Å². The lowest BCUT2D eigenvalue weighted by Crippen LogP contribution is -2.51. The molecule has 3 heteroatoms. The van der Waals surface area contributed by atoms with Crippen LogP contribution in [-0.4, -0.2) is 21.0 Å². The standard InChI is InChI=1S/C29H44O2Si/c1-23(2)32(24(3)4,25(5)6)31-29(20-21-30-22-28-16-12-9-13-17-28)26(7)18-19-27-14-10-8-11-15-27/h8-19,23-26,29H,20-22H2,1-7H3/b19-18+/t26-,29+/m1/s1. The van der Waals surface area contributed by atoms with Crippen LogP contribution in [0.15, 0.2) is 66.7 Å². The third-order valence-electron chi connectivity index (χ3n) is 6.70. The fourth-order valence-electron chi connectivity index (χ4n) is 5.01. The van der Waals surface area contributed by atoms with Crippen LogP contribution in [0.1, 0.15) is 66.0 Å². The summed E-state index contributed by atoms with van der Waals surface area (Å²) < 4.78 is 13.3. The van der Waals surface area contributed by atoms with E-state index in [0.717, 1.165) is 6.42 Å². The maximum absolute atomic E-state index is 7.23. The second kappa shape index (κ2) is 13.1. The first-order valence-corrected chi connectivity index (χ1v) is 14.4. The zero-order chi connectivity index (χ0) is 23.6. The average Bonchev–Trinajstić information content (AvgIpc) is 2.77. The number of hydrogen-bond acceptors (Lipinski definition) is 2. The lowest BCUT2D eigenvalue weighted by atomic mass is 10.0. The van der Waals surface area contributed by atoms with Crippen molar-refractivity contribution in [1.29, 1.82) is 0 Å². The smallest absolute Gasteiger partial charge is 0.200 e. The Kier molecular flexibility index (Phi) is 10.9. The van der Waals surface area contributed by atoms with Gasteiger partial charge >= 0.3 is 0 Å². The molecule has 2 nitrogen and oxygen atoms in total. The van der Waals surface area contributed by atoms with Crippen LogP contribution in [0, 0.1) is 5.92 Å². The van der Waals surface area contributed by atoms with Gasteiger partial charge in [0.25, 0.3) is 0 Å². The Hall–Kier alpha value is -1.68. The maximum Gasteiger partial charge on any atom is 0.200 e. The molecule has 0 radical (unpaired) electrons. The highest BCUT2D eigenvalue weighted by atomic mass is 28.4. The molecular formula is C29H44O2Si. The SMILES string of the molecule is CC(C)[Si](O[C@@H](CCOCc1ccccc1)[C@H](C)/C=C/c1ccccc1)(C(C)C)C(C)C. The Morgan fingerprint density at radius 1 is 0.750 bits per heavy atom. The van der Waals surface area contributed by atoms with E-state index in [9.17, 15) is 0 Å². The molecule has 2 aromatic carbocycles. The maximum atomic E-state index is 7.23. The van der Waals surface area contributed by atoms with Gasteiger partial charge in [0, 0.05) is 6.61 Å². The molecule has 0 heterocycles. The Labute approximate surface area is 198 Å². The van der Waals surface area contributed by atoms with Gasteiger partial charge in [-0.05, 0) is 40.1 Å². The van der Waals surface area contributed by atoms with Crippen molar-refractivity contribution < 1.29 is 9.16 Å². The van der Waals surface area contributed by atoms with Gasteiger partial charge in [-0.3, -0.25) is 0 Å². The van der Waals surface area contributed by atoms with Crippen LogP contribution in [-0.2, 0) is 15.8 Å². The van der Waals surface area contributed by atoms with E-state index in [1.54, 1.807) is 0 Å². The van der Waals surface area contributed by atoms with E-state index in [1.165, 1.54) is 11.1 Å². The summed E-state index contributed by atoms with van der Waals surface area (Å²) in [5.41, 5.74) is 4.16. The molecule has 2 aromatic rings. The zero-order valence-electron chi connectivity index (χ0n) is 21.3. The van der Waals surface area contributed by atoms with Crippen molar-refractivity contribution >= 4 is 14.4 Å². The van der Waals surface area contributed by atoms with Gasteiger partial charge in [-0.25, -0.2) is 0 Å². The molecule has 0 fully saturated rings. The zero-order valence-corrected chi connectivity index (χ0v) is 22.3. The van der Waals surface area contributed by atoms with Gasteiger partial charge in [0.05, 0.1) is 12.7 Å². The van der Waals surface area contributed by atoms with Gasteiger partial charge in [-0.1, -0.05) is 121 Å². The van der Waals surface area contributed by atoms with Crippen molar-refractivity contribution in [1.82, 2.24) is 0 Å². The molecule has 0 aliphatic heterocycles. The van der Waals surface area contributed by atoms with Crippen LogP contribution in [0.5, 0.6) is 0 Å². The van der Waals surface area contributed by atoms with Crippen molar-refractivity contribution in [2.75, 3.05) is 6.61 Å². The molecule has 0 aliphatic carbocycles. The minimum absolute atomic E-state index is 0.157. The summed E-state index contributed by atoms with van der Waals surface area (Å²) in [5, 5.41) is 0. The molecule has 32 heavy (non-hydrogen) atoms. The average molecular weight is 453 g/mol. The van der Waals surface area contributed by atoms with E-state index in [1.807, 2.05) is 6.07 Å². The second-order valence-electron chi connectivity index (χ2n) is 9.93. The summed E-state index contributed by atoms with van der Waals surface area (Å²) in [4.78, 5) is 0. The lowest BCUT2D eigenvalue weighted by Gasteiger charge is -2.45. The Bertz CT molecular complexity index is 762. The Morgan fingerprint density at radius 3 is 1.81 bits per heavy atom. The van der Waals surface area contributed by atoms with E-state index < -0.39 is 8.32 Å². The van der Waals surface area contributed by atoms with Crippen molar-refractivity contribution in [2.45, 2.75) is 84.2 Å². The normalized spacial score (nSPS) is 14.6. The number of benzene rings is 2. The lowest BCUT2D eigenvalue weighted by molar-refractivity contribution is 0.0620. The van der Waals surface area contributed by atoms with Gasteiger partial charge in [0.1, 0.15) is 0 Å². The number of ether oxygens (including phenoxy) is 1. The highest BCUT2D eigenvalue weighted by molar-refractivity contribution is 6.77. The van der Waals surface area contributed by atoms with Gasteiger partial charge < -0.3 is 9.16 Å². The van der Waals surface area contributed by atoms with Crippen molar-refractivity contribution in [3.63, 3.8) is 0 Å². The summed E-state index contributed by atoms with van der Waals surface area (Å²) in [5.74, 6) is 0.318. The van der Waals surface area contributed by atoms with Crippen LogP contribution in [0.3, 0.4) is 0 Å². The predicted octanol–water partition coefficient (Wildman–Crippen LogP) is 8.50. The first-order valence-electron chi connectivity index (χ1n) is 12.3. The Morgan fingerprint density at radius 2 is 1.28 bits per heavy atom. The molecule has 0 unspecified atom stereocenters. The third-order valence-corrected chi connectivity index (χ3v) is 12.8. The second-order valence-corrected chi connectivity index (χ2v) is 15.3. The highest BCUT2D eigenvalue weighted by Gasteiger charge is 2.47. The molecule has 2 rings (SSSR count). The van der Waals surface area contributed by atoms with Crippen molar-refractivity contribution in [2.24, 2.45) is 5.92 Å². The van der Waals surface area contributed by atoms with Crippen LogP contribution < -0.4 is 0 Å². The van der Waals surface area contributed by atoms with Crippen LogP contribution in [0.2, 0.25) is 16.6 Å². The van der Waals surface area contributed by atoms with E-state index in [4.69, 9.17) is 9.16 Å². The topological polar surface area (TPSA) is 18.5 Å². The fraction of sp³-hybridized carbons (Fsp3) is 0.517. The molecular weight excluding hydrogens is 408 g/mol. The summed E-state index contributed by atoms with van der Waals surface area (Å²) in [6.07, 6.45) is 5.62. The van der Waals surface area contributed by atoms with Gasteiger partial charge in [-0.15, -0.1) is 0 Å². The summed E-state index contributed by atoms with van der Waals surface area (Å²) in [6.45, 7) is 17.8. The summed E-state index contributed by atoms with van der Waals surface area (Å²) >= 11 is 0. The fourth-order valence-corrected chi connectivity index (χ4v) is 10.7. The quantitative estimate of drug-likeness (QED) is 0.224. The molecule has 0 aromatic heterocycles. The molecule has 176 valence electrons. The van der Waals surface area contributed by atoms with E-state index in [-0.39, 0.29) is 6.10 Å². The Balaban J connectivity index is 2.15. The van der Waals surface area contributed by atoms with Gasteiger partial charge in [0.15, 0.2) is 0 Å². The van der Waals surface area contributed by atoms with Crippen molar-refractivity contribution in [3.8, 4) is 0 Å². The minimum atomic E-state index is -1.98. The molecule has 0 aliphatic rings. The largest absolute Gasteiger partial charge is 0.412 e. The van der Waals surface area contributed by atoms with Crippen LogP contribution >= 0.6 is 0 Å². The highest BCUT2D eigenvalue weighted by Crippen LogP contribution is 2.44. The molecule has 0 spiro atoms. The summed E-state index contributed by atoms with van der Waals surface area (Å²) in [6, 6.07) is 20.9. The monoisotopic (exact) mass is 452 g/mol. The molecule has 0 saturated carbocycles. The first kappa shape index (κ1) is 26.6. The van der Waals surface area contributed by atoms with Crippen LogP contribution in [0.4, 0.5) is 0 Å². The number of hydrogen-bond donors (Lipinski definition) is 0. The summed E-state index contributed by atoms with van der Waals surface area (Å²) in [7, 11) is -1.98.